The summed E-state index contributed by atoms with van der Waals surface area (Å²) < 4.78 is 21.2. The van der Waals surface area contributed by atoms with Crippen molar-refractivity contribution in [3.63, 3.8) is 0 Å². The Balaban J connectivity index is 1.23. The number of nitrogens with zero attached hydrogens (tertiary/aromatic N) is 5. The molecule has 1 atom stereocenters. The molecule has 5 rings (SSSR count). The molecule has 0 unspecified atom stereocenters. The van der Waals surface area contributed by atoms with E-state index >= 15 is 0 Å². The summed E-state index contributed by atoms with van der Waals surface area (Å²) >= 11 is 1.36. The molecule has 33 heavy (non-hydrogen) atoms. The van der Waals surface area contributed by atoms with Crippen LogP contribution in [-0.4, -0.2) is 81.0 Å². The van der Waals surface area contributed by atoms with Crippen LogP contribution in [0.15, 0.2) is 29.4 Å². The Labute approximate surface area is 196 Å². The highest BCUT2D eigenvalue weighted by Crippen LogP contribution is 2.31. The molecule has 3 heterocycles. The van der Waals surface area contributed by atoms with E-state index in [0.29, 0.717) is 43.7 Å². The molecule has 1 saturated carbocycles. The number of ether oxygens (including phenoxy) is 1. The molecule has 10 heteroatoms. The van der Waals surface area contributed by atoms with Gasteiger partial charge in [0.05, 0.1) is 18.4 Å². The van der Waals surface area contributed by atoms with Gasteiger partial charge in [-0.1, -0.05) is 11.8 Å². The number of carbonyl (C=O) groups excluding carboxylic acids is 2. The molecule has 2 amide bonds. The number of amides is 2. The summed E-state index contributed by atoms with van der Waals surface area (Å²) in [7, 11) is 0. The third-order valence-electron chi connectivity index (χ3n) is 6.42. The van der Waals surface area contributed by atoms with Crippen LogP contribution in [0.5, 0.6) is 0 Å². The van der Waals surface area contributed by atoms with Gasteiger partial charge in [0.15, 0.2) is 11.0 Å². The average molecular weight is 474 g/mol. The molecule has 1 aromatic heterocycles. The topological polar surface area (TPSA) is 80.6 Å². The van der Waals surface area contributed by atoms with Crippen LogP contribution in [0.3, 0.4) is 0 Å². The molecular formula is C23H28FN5O3S. The molecule has 0 bridgehead atoms. The van der Waals surface area contributed by atoms with E-state index in [-0.39, 0.29) is 35.4 Å². The highest BCUT2D eigenvalue weighted by molar-refractivity contribution is 7.99. The van der Waals surface area contributed by atoms with Gasteiger partial charge in [-0.3, -0.25) is 14.2 Å². The SMILES string of the molecule is O=C(CSc1nnc(-c2ccc(F)cc2)n1C[C@@H]1CCCO1)N1CCN(C(=O)C2CC2)CC1. The minimum Gasteiger partial charge on any atom is -0.376 e. The van der Waals surface area contributed by atoms with Gasteiger partial charge in [-0.25, -0.2) is 4.39 Å². The van der Waals surface area contributed by atoms with Gasteiger partial charge in [0, 0.05) is 44.3 Å². The zero-order chi connectivity index (χ0) is 22.8. The Bertz CT molecular complexity index is 996. The maximum absolute atomic E-state index is 13.4. The van der Waals surface area contributed by atoms with E-state index in [0.717, 1.165) is 37.9 Å². The quantitative estimate of drug-likeness (QED) is 0.575. The fourth-order valence-corrected chi connectivity index (χ4v) is 5.20. The number of benzene rings is 1. The zero-order valence-electron chi connectivity index (χ0n) is 18.5. The van der Waals surface area contributed by atoms with Crippen LogP contribution < -0.4 is 0 Å². The Hall–Kier alpha value is -2.46. The van der Waals surface area contributed by atoms with Gasteiger partial charge in [-0.05, 0) is 49.9 Å². The Morgan fingerprint density at radius 2 is 1.76 bits per heavy atom. The molecule has 8 nitrogen and oxygen atoms in total. The molecule has 3 fully saturated rings. The summed E-state index contributed by atoms with van der Waals surface area (Å²) in [4.78, 5) is 28.8. The van der Waals surface area contributed by atoms with Gasteiger partial charge in [-0.15, -0.1) is 10.2 Å². The van der Waals surface area contributed by atoms with Gasteiger partial charge in [0.25, 0.3) is 0 Å². The lowest BCUT2D eigenvalue weighted by atomic mass is 10.2. The van der Waals surface area contributed by atoms with Crippen LogP contribution in [0.4, 0.5) is 4.39 Å². The van der Waals surface area contributed by atoms with E-state index in [9.17, 15) is 14.0 Å². The van der Waals surface area contributed by atoms with Crippen LogP contribution >= 0.6 is 11.8 Å². The van der Waals surface area contributed by atoms with Crippen molar-refractivity contribution in [3.8, 4) is 11.4 Å². The third kappa shape index (κ3) is 5.22. The van der Waals surface area contributed by atoms with Gasteiger partial charge in [-0.2, -0.15) is 0 Å². The standard InChI is InChI=1S/C23H28FN5O3S/c24-18-7-5-16(6-8-18)21-25-26-23(29(21)14-19-2-1-13-32-19)33-15-20(30)27-9-11-28(12-10-27)22(31)17-3-4-17/h5-8,17,19H,1-4,9-15H2/t19-/m0/s1. The van der Waals surface area contributed by atoms with Gasteiger partial charge in [0.2, 0.25) is 11.8 Å². The lowest BCUT2D eigenvalue weighted by Crippen LogP contribution is -2.51. The molecule has 2 saturated heterocycles. The number of carbonyl (C=O) groups is 2. The summed E-state index contributed by atoms with van der Waals surface area (Å²) in [6.07, 6.45) is 4.07. The number of hydrogen-bond acceptors (Lipinski definition) is 6. The molecule has 176 valence electrons. The maximum Gasteiger partial charge on any atom is 0.233 e. The van der Waals surface area contributed by atoms with Crippen LogP contribution in [-0.2, 0) is 20.9 Å². The van der Waals surface area contributed by atoms with Crippen LogP contribution in [0.1, 0.15) is 25.7 Å². The first-order valence-corrected chi connectivity index (χ1v) is 12.6. The zero-order valence-corrected chi connectivity index (χ0v) is 19.3. The van der Waals surface area contributed by atoms with Crippen molar-refractivity contribution >= 4 is 23.6 Å². The third-order valence-corrected chi connectivity index (χ3v) is 7.38. The second-order valence-corrected chi connectivity index (χ2v) is 9.77. The summed E-state index contributed by atoms with van der Waals surface area (Å²) in [6, 6.07) is 6.19. The molecule has 0 N–H and O–H groups in total. The number of rotatable bonds is 7. The summed E-state index contributed by atoms with van der Waals surface area (Å²) in [6.45, 7) is 3.70. The number of aromatic nitrogens is 3. The van der Waals surface area contributed by atoms with E-state index in [2.05, 4.69) is 10.2 Å². The summed E-state index contributed by atoms with van der Waals surface area (Å²) in [5.74, 6) is 1.09. The van der Waals surface area contributed by atoms with Crippen molar-refractivity contribution < 1.29 is 18.7 Å². The largest absolute Gasteiger partial charge is 0.376 e. The summed E-state index contributed by atoms with van der Waals surface area (Å²) in [5, 5.41) is 9.34. The van der Waals surface area contributed by atoms with Crippen molar-refractivity contribution in [2.75, 3.05) is 38.5 Å². The van der Waals surface area contributed by atoms with E-state index in [4.69, 9.17) is 4.74 Å². The van der Waals surface area contributed by atoms with Crippen molar-refractivity contribution in [2.45, 2.75) is 43.5 Å². The predicted molar refractivity (Wildman–Crippen MR) is 121 cm³/mol. The first kappa shape index (κ1) is 22.3. The second kappa shape index (κ2) is 9.80. The van der Waals surface area contributed by atoms with Crippen molar-refractivity contribution in [2.24, 2.45) is 5.92 Å². The van der Waals surface area contributed by atoms with Gasteiger partial charge in [0.1, 0.15) is 5.82 Å². The normalized spacial score (nSPS) is 20.9. The number of hydrogen-bond donors (Lipinski definition) is 0. The smallest absolute Gasteiger partial charge is 0.233 e. The Kier molecular flexibility index (Phi) is 6.64. The minimum absolute atomic E-state index is 0.0357. The fourth-order valence-electron chi connectivity index (χ4n) is 4.35. The van der Waals surface area contributed by atoms with E-state index in [1.807, 2.05) is 14.4 Å². The highest BCUT2D eigenvalue weighted by Gasteiger charge is 2.35. The van der Waals surface area contributed by atoms with E-state index in [1.54, 1.807) is 12.1 Å². The second-order valence-electron chi connectivity index (χ2n) is 8.83. The monoisotopic (exact) mass is 473 g/mol. The van der Waals surface area contributed by atoms with E-state index in [1.165, 1.54) is 23.9 Å². The Morgan fingerprint density at radius 3 is 2.42 bits per heavy atom. The van der Waals surface area contributed by atoms with Gasteiger partial charge >= 0.3 is 0 Å². The first-order chi connectivity index (χ1) is 16.1. The molecule has 0 spiro atoms. The van der Waals surface area contributed by atoms with Crippen LogP contribution in [0.2, 0.25) is 0 Å². The average Bonchev–Trinajstić information content (AvgIpc) is 3.43. The minimum atomic E-state index is -0.303. The lowest BCUT2D eigenvalue weighted by molar-refractivity contribution is -0.139. The molecule has 1 aromatic carbocycles. The molecule has 3 aliphatic rings. The number of piperazine rings is 1. The molecule has 1 aliphatic carbocycles. The lowest BCUT2D eigenvalue weighted by Gasteiger charge is -2.34. The first-order valence-electron chi connectivity index (χ1n) is 11.6. The highest BCUT2D eigenvalue weighted by atomic mass is 32.2. The number of halogens is 1. The van der Waals surface area contributed by atoms with Crippen molar-refractivity contribution in [1.29, 1.82) is 0 Å². The van der Waals surface area contributed by atoms with E-state index < -0.39 is 0 Å². The molecular weight excluding hydrogens is 445 g/mol. The van der Waals surface area contributed by atoms with Crippen molar-refractivity contribution in [1.82, 2.24) is 24.6 Å². The van der Waals surface area contributed by atoms with Crippen LogP contribution in [0, 0.1) is 11.7 Å². The predicted octanol–water partition coefficient (Wildman–Crippen LogP) is 2.44. The molecule has 2 aliphatic heterocycles. The van der Waals surface area contributed by atoms with Crippen molar-refractivity contribution in [3.05, 3.63) is 30.1 Å². The van der Waals surface area contributed by atoms with Gasteiger partial charge < -0.3 is 14.5 Å². The Morgan fingerprint density at radius 1 is 1.03 bits per heavy atom. The molecule has 2 aromatic rings. The molecule has 0 radical (unpaired) electrons. The van der Waals surface area contributed by atoms with Crippen LogP contribution in [0.25, 0.3) is 11.4 Å². The summed E-state index contributed by atoms with van der Waals surface area (Å²) in [5.41, 5.74) is 0.775. The fraction of sp³-hybridized carbons (Fsp3) is 0.565. The number of thioether (sulfide) groups is 1. The maximum atomic E-state index is 13.4.